The first-order chi connectivity index (χ1) is 13.9. The summed E-state index contributed by atoms with van der Waals surface area (Å²) in [7, 11) is 0. The van der Waals surface area contributed by atoms with Crippen molar-refractivity contribution in [2.45, 2.75) is 58.7 Å². The molecule has 1 N–H and O–H groups in total. The molecule has 2 amide bonds. The van der Waals surface area contributed by atoms with Gasteiger partial charge in [0.05, 0.1) is 6.42 Å². The molecule has 6 heteroatoms. The number of nitrogens with zero attached hydrogens (tertiary/aromatic N) is 1. The molecule has 0 saturated carbocycles. The summed E-state index contributed by atoms with van der Waals surface area (Å²) in [6.45, 7) is 6.03. The smallest absolute Gasteiger partial charge is 0.243 e. The topological polar surface area (TPSA) is 49.4 Å². The second-order valence-electron chi connectivity index (χ2n) is 7.13. The Labute approximate surface area is 177 Å². The van der Waals surface area contributed by atoms with Crippen LogP contribution in [0.5, 0.6) is 0 Å². The van der Waals surface area contributed by atoms with Crippen molar-refractivity contribution >= 4 is 23.4 Å². The molecule has 0 unspecified atom stereocenters. The van der Waals surface area contributed by atoms with Crippen molar-refractivity contribution in [3.8, 4) is 0 Å². The summed E-state index contributed by atoms with van der Waals surface area (Å²) in [6, 6.07) is 13.1. The van der Waals surface area contributed by atoms with Crippen molar-refractivity contribution in [3.05, 3.63) is 70.5 Å². The Balaban J connectivity index is 2.32. The summed E-state index contributed by atoms with van der Waals surface area (Å²) >= 11 is 6.11. The van der Waals surface area contributed by atoms with Crippen molar-refractivity contribution in [1.29, 1.82) is 0 Å². The van der Waals surface area contributed by atoms with Crippen LogP contribution in [0.25, 0.3) is 0 Å². The molecule has 29 heavy (non-hydrogen) atoms. The fraction of sp³-hybridized carbons (Fsp3) is 0.391. The van der Waals surface area contributed by atoms with Gasteiger partial charge in [-0.25, -0.2) is 4.39 Å². The molecule has 0 radical (unpaired) electrons. The van der Waals surface area contributed by atoms with E-state index in [4.69, 9.17) is 11.6 Å². The SMILES string of the molecule is CC[C@@H](C)NC(=O)[C@H](CC)N(Cc1ccccc1)C(=O)Cc1c(F)cccc1Cl. The van der Waals surface area contributed by atoms with Crippen molar-refractivity contribution < 1.29 is 14.0 Å². The molecule has 0 saturated heterocycles. The number of hydrogen-bond donors (Lipinski definition) is 1. The third kappa shape index (κ3) is 6.29. The molecule has 2 aromatic rings. The molecule has 0 aliphatic heterocycles. The fourth-order valence-electron chi connectivity index (χ4n) is 3.09. The van der Waals surface area contributed by atoms with E-state index < -0.39 is 11.9 Å². The second kappa shape index (κ2) is 11.0. The number of carbonyl (C=O) groups excluding carboxylic acids is 2. The third-order valence-electron chi connectivity index (χ3n) is 4.97. The molecule has 0 spiro atoms. The number of amides is 2. The van der Waals surface area contributed by atoms with Crippen molar-refractivity contribution in [2.24, 2.45) is 0 Å². The highest BCUT2D eigenvalue weighted by Gasteiger charge is 2.30. The average molecular weight is 419 g/mol. The molecule has 2 rings (SSSR count). The zero-order valence-electron chi connectivity index (χ0n) is 17.1. The van der Waals surface area contributed by atoms with Gasteiger partial charge in [0.15, 0.2) is 0 Å². The zero-order valence-corrected chi connectivity index (χ0v) is 17.9. The van der Waals surface area contributed by atoms with Crippen LogP contribution in [0.15, 0.2) is 48.5 Å². The summed E-state index contributed by atoms with van der Waals surface area (Å²) in [4.78, 5) is 27.6. The van der Waals surface area contributed by atoms with Gasteiger partial charge >= 0.3 is 0 Å². The first-order valence-corrected chi connectivity index (χ1v) is 10.3. The summed E-state index contributed by atoms with van der Waals surface area (Å²) in [6.07, 6.45) is 1.04. The van der Waals surface area contributed by atoms with E-state index in [2.05, 4.69) is 5.32 Å². The summed E-state index contributed by atoms with van der Waals surface area (Å²) in [5, 5.41) is 3.16. The Morgan fingerprint density at radius 3 is 2.34 bits per heavy atom. The summed E-state index contributed by atoms with van der Waals surface area (Å²) < 4.78 is 14.2. The van der Waals surface area contributed by atoms with Crippen LogP contribution in [0.4, 0.5) is 4.39 Å². The minimum absolute atomic E-state index is 0.00578. The maximum Gasteiger partial charge on any atom is 0.243 e. The molecular weight excluding hydrogens is 391 g/mol. The Bertz CT molecular complexity index is 809. The van der Waals surface area contributed by atoms with Gasteiger partial charge in [0.1, 0.15) is 11.9 Å². The van der Waals surface area contributed by atoms with E-state index in [1.165, 1.54) is 17.0 Å². The minimum Gasteiger partial charge on any atom is -0.352 e. The van der Waals surface area contributed by atoms with Crippen LogP contribution < -0.4 is 5.32 Å². The molecular formula is C23H28ClFN2O2. The molecule has 4 nitrogen and oxygen atoms in total. The number of hydrogen-bond acceptors (Lipinski definition) is 2. The molecule has 2 atom stereocenters. The van der Waals surface area contributed by atoms with Crippen LogP contribution in [0.1, 0.15) is 44.7 Å². The Kier molecular flexibility index (Phi) is 8.65. The molecule has 0 aliphatic carbocycles. The van der Waals surface area contributed by atoms with Gasteiger partial charge in [-0.3, -0.25) is 9.59 Å². The lowest BCUT2D eigenvalue weighted by atomic mass is 10.1. The fourth-order valence-corrected chi connectivity index (χ4v) is 3.32. The van der Waals surface area contributed by atoms with Crippen LogP contribution in [0.3, 0.4) is 0 Å². The van der Waals surface area contributed by atoms with Gasteiger partial charge in [0.25, 0.3) is 0 Å². The Hall–Kier alpha value is -2.40. The third-order valence-corrected chi connectivity index (χ3v) is 5.33. The monoisotopic (exact) mass is 418 g/mol. The van der Waals surface area contributed by atoms with E-state index >= 15 is 0 Å². The highest BCUT2D eigenvalue weighted by atomic mass is 35.5. The van der Waals surface area contributed by atoms with Crippen molar-refractivity contribution in [3.63, 3.8) is 0 Å². The molecule has 0 bridgehead atoms. The quantitative estimate of drug-likeness (QED) is 0.639. The summed E-state index contributed by atoms with van der Waals surface area (Å²) in [5.74, 6) is -1.07. The van der Waals surface area contributed by atoms with E-state index in [-0.39, 0.29) is 41.4 Å². The minimum atomic E-state index is -0.651. The molecule has 0 aromatic heterocycles. The average Bonchev–Trinajstić information content (AvgIpc) is 2.71. The second-order valence-corrected chi connectivity index (χ2v) is 7.53. The van der Waals surface area contributed by atoms with Crippen LogP contribution >= 0.6 is 11.6 Å². The van der Waals surface area contributed by atoms with Gasteiger partial charge in [-0.1, -0.05) is 61.8 Å². The molecule has 0 fully saturated rings. The lowest BCUT2D eigenvalue weighted by molar-refractivity contribution is -0.141. The molecule has 2 aromatic carbocycles. The summed E-state index contributed by atoms with van der Waals surface area (Å²) in [5.41, 5.74) is 1.05. The normalized spacial score (nSPS) is 12.9. The van der Waals surface area contributed by atoms with Crippen LogP contribution in [-0.4, -0.2) is 28.8 Å². The Morgan fingerprint density at radius 2 is 1.76 bits per heavy atom. The number of rotatable bonds is 9. The largest absolute Gasteiger partial charge is 0.352 e. The van der Waals surface area contributed by atoms with Crippen molar-refractivity contribution in [1.82, 2.24) is 10.2 Å². The predicted octanol–water partition coefficient (Wildman–Crippen LogP) is 4.74. The number of halogens is 2. The van der Waals surface area contributed by atoms with E-state index in [1.807, 2.05) is 51.1 Å². The lowest BCUT2D eigenvalue weighted by Gasteiger charge is -2.31. The highest BCUT2D eigenvalue weighted by Crippen LogP contribution is 2.22. The maximum absolute atomic E-state index is 14.2. The first-order valence-electron chi connectivity index (χ1n) is 9.94. The van der Waals surface area contributed by atoms with Gasteiger partial charge in [0, 0.05) is 23.2 Å². The van der Waals surface area contributed by atoms with Gasteiger partial charge in [0.2, 0.25) is 11.8 Å². The standard InChI is InChI=1S/C23H28ClFN2O2/c1-4-16(3)26-23(29)21(5-2)27(15-17-10-7-6-8-11-17)22(28)14-18-19(24)12-9-13-20(18)25/h6-13,16,21H,4-5,14-15H2,1-3H3,(H,26,29)/t16-,21+/m1/s1. The van der Waals surface area contributed by atoms with E-state index in [1.54, 1.807) is 6.07 Å². The van der Waals surface area contributed by atoms with Crippen LogP contribution in [0.2, 0.25) is 5.02 Å². The first kappa shape index (κ1) is 22.9. The van der Waals surface area contributed by atoms with Gasteiger partial charge in [-0.2, -0.15) is 0 Å². The van der Waals surface area contributed by atoms with Gasteiger partial charge in [-0.05, 0) is 37.5 Å². The van der Waals surface area contributed by atoms with Crippen LogP contribution in [0, 0.1) is 5.82 Å². The van der Waals surface area contributed by atoms with E-state index in [9.17, 15) is 14.0 Å². The van der Waals surface area contributed by atoms with Crippen molar-refractivity contribution in [2.75, 3.05) is 0 Å². The molecule has 156 valence electrons. The highest BCUT2D eigenvalue weighted by molar-refractivity contribution is 6.31. The van der Waals surface area contributed by atoms with Gasteiger partial charge < -0.3 is 10.2 Å². The predicted molar refractivity (Wildman–Crippen MR) is 114 cm³/mol. The maximum atomic E-state index is 14.2. The van der Waals surface area contributed by atoms with E-state index in [0.29, 0.717) is 6.42 Å². The zero-order chi connectivity index (χ0) is 21.4. The molecule has 0 heterocycles. The number of carbonyl (C=O) groups is 2. The lowest BCUT2D eigenvalue weighted by Crippen LogP contribution is -2.51. The molecule has 0 aliphatic rings. The van der Waals surface area contributed by atoms with Gasteiger partial charge in [-0.15, -0.1) is 0 Å². The number of nitrogens with one attached hydrogen (secondary N) is 1. The van der Waals surface area contributed by atoms with E-state index in [0.717, 1.165) is 12.0 Å². The van der Waals surface area contributed by atoms with Crippen LogP contribution in [-0.2, 0) is 22.6 Å². The Morgan fingerprint density at radius 1 is 1.07 bits per heavy atom. The number of benzene rings is 2.